The molecule has 0 aliphatic carbocycles. The Labute approximate surface area is 127 Å². The highest BCUT2D eigenvalue weighted by Gasteiger charge is 2.27. The van der Waals surface area contributed by atoms with E-state index in [1.807, 2.05) is 12.1 Å². The number of fused-ring (bicyclic) bond motifs is 1. The maximum atomic E-state index is 13.1. The first-order valence-corrected chi connectivity index (χ1v) is 8.48. The van der Waals surface area contributed by atoms with Gasteiger partial charge in [0, 0.05) is 19.1 Å². The fourth-order valence-electron chi connectivity index (χ4n) is 3.71. The Morgan fingerprint density at radius 2 is 2.19 bits per heavy atom. The number of amides is 1. The number of nitrogens with zero attached hydrogens (tertiary/aromatic N) is 1. The highest BCUT2D eigenvalue weighted by atomic mass is 16.2. The van der Waals surface area contributed by atoms with Crippen LogP contribution < -0.4 is 5.32 Å². The normalized spacial score (nSPS) is 22.1. The van der Waals surface area contributed by atoms with Crippen molar-refractivity contribution >= 4 is 11.6 Å². The molecular formula is C18H26N2O. The highest BCUT2D eigenvalue weighted by molar-refractivity contribution is 6.00. The molecule has 0 radical (unpaired) electrons. The van der Waals surface area contributed by atoms with Crippen molar-refractivity contribution in [1.29, 1.82) is 0 Å². The number of para-hydroxylation sites is 1. The Morgan fingerprint density at radius 3 is 3.05 bits per heavy atom. The molecule has 0 aromatic heterocycles. The van der Waals surface area contributed by atoms with Gasteiger partial charge in [0.2, 0.25) is 0 Å². The molecule has 1 atom stereocenters. The first kappa shape index (κ1) is 14.4. The Kier molecular flexibility index (Phi) is 4.47. The summed E-state index contributed by atoms with van der Waals surface area (Å²) >= 11 is 0. The van der Waals surface area contributed by atoms with Crippen LogP contribution in [0.4, 0.5) is 5.69 Å². The van der Waals surface area contributed by atoms with E-state index in [1.54, 1.807) is 0 Å². The number of carbonyl (C=O) groups excluding carboxylic acids is 1. The number of hydrogen-bond acceptors (Lipinski definition) is 2. The molecule has 2 aliphatic heterocycles. The predicted octanol–water partition coefficient (Wildman–Crippen LogP) is 3.84. The minimum absolute atomic E-state index is 0.231. The number of benzene rings is 1. The number of carbonyl (C=O) groups is 1. The fraction of sp³-hybridized carbons (Fsp3) is 0.611. The number of nitrogens with one attached hydrogen (secondary N) is 1. The van der Waals surface area contributed by atoms with Gasteiger partial charge in [-0.2, -0.15) is 0 Å². The zero-order valence-electron chi connectivity index (χ0n) is 13.0. The Balaban J connectivity index is 1.90. The lowest BCUT2D eigenvalue weighted by atomic mass is 9.98. The molecule has 114 valence electrons. The summed E-state index contributed by atoms with van der Waals surface area (Å²) in [5.41, 5.74) is 3.27. The van der Waals surface area contributed by atoms with E-state index < -0.39 is 0 Å². The fourth-order valence-corrected chi connectivity index (χ4v) is 3.71. The third kappa shape index (κ3) is 2.92. The van der Waals surface area contributed by atoms with Crippen molar-refractivity contribution in [3.8, 4) is 0 Å². The van der Waals surface area contributed by atoms with Crippen molar-refractivity contribution in [2.75, 3.05) is 18.4 Å². The molecular weight excluding hydrogens is 260 g/mol. The summed E-state index contributed by atoms with van der Waals surface area (Å²) in [5.74, 6) is 0.231. The van der Waals surface area contributed by atoms with Crippen molar-refractivity contribution in [3.05, 3.63) is 29.3 Å². The zero-order chi connectivity index (χ0) is 14.7. The molecule has 1 aromatic carbocycles. The molecule has 1 unspecified atom stereocenters. The van der Waals surface area contributed by atoms with Crippen LogP contribution in [0.25, 0.3) is 0 Å². The molecule has 1 saturated heterocycles. The zero-order valence-corrected chi connectivity index (χ0v) is 13.0. The van der Waals surface area contributed by atoms with Crippen LogP contribution in [0, 0.1) is 0 Å². The Hall–Kier alpha value is -1.51. The van der Waals surface area contributed by atoms with Gasteiger partial charge in [-0.05, 0) is 43.7 Å². The number of likely N-dealkylation sites (tertiary alicyclic amines) is 1. The summed E-state index contributed by atoms with van der Waals surface area (Å²) < 4.78 is 0. The molecule has 0 spiro atoms. The van der Waals surface area contributed by atoms with E-state index in [2.05, 4.69) is 23.2 Å². The standard InChI is InChI=1S/C18H26N2O/c1-2-15-10-4-3-5-13-20(15)18(21)16-11-6-8-14-9-7-12-19-17(14)16/h6,8,11,15,19H,2-5,7,9-10,12-13H2,1H3. The molecule has 3 nitrogen and oxygen atoms in total. The van der Waals surface area contributed by atoms with Gasteiger partial charge >= 0.3 is 0 Å². The van der Waals surface area contributed by atoms with Crippen LogP contribution in [0.3, 0.4) is 0 Å². The van der Waals surface area contributed by atoms with Crippen molar-refractivity contribution in [1.82, 2.24) is 4.90 Å². The predicted molar refractivity (Wildman–Crippen MR) is 86.8 cm³/mol. The number of aryl methyl sites for hydroxylation is 1. The summed E-state index contributed by atoms with van der Waals surface area (Å²) in [6, 6.07) is 6.60. The second-order valence-electron chi connectivity index (χ2n) is 6.28. The van der Waals surface area contributed by atoms with Crippen LogP contribution in [0.1, 0.15) is 61.4 Å². The van der Waals surface area contributed by atoms with Crippen molar-refractivity contribution in [2.24, 2.45) is 0 Å². The number of hydrogen-bond donors (Lipinski definition) is 1. The van der Waals surface area contributed by atoms with Gasteiger partial charge in [-0.3, -0.25) is 4.79 Å². The molecule has 1 fully saturated rings. The van der Waals surface area contributed by atoms with Crippen LogP contribution in [-0.2, 0) is 6.42 Å². The van der Waals surface area contributed by atoms with Gasteiger partial charge in [-0.15, -0.1) is 0 Å². The second-order valence-corrected chi connectivity index (χ2v) is 6.28. The summed E-state index contributed by atoms with van der Waals surface area (Å²) in [6.07, 6.45) is 8.12. The van der Waals surface area contributed by atoms with Crippen molar-refractivity contribution < 1.29 is 4.79 Å². The number of anilines is 1. The average molecular weight is 286 g/mol. The van der Waals surface area contributed by atoms with E-state index in [1.165, 1.54) is 18.4 Å². The lowest BCUT2D eigenvalue weighted by molar-refractivity contribution is 0.0679. The average Bonchev–Trinajstić information content (AvgIpc) is 2.79. The van der Waals surface area contributed by atoms with Gasteiger partial charge < -0.3 is 10.2 Å². The molecule has 0 bridgehead atoms. The summed E-state index contributed by atoms with van der Waals surface area (Å²) in [6.45, 7) is 4.10. The lowest BCUT2D eigenvalue weighted by Gasteiger charge is -2.31. The molecule has 0 saturated carbocycles. The molecule has 1 amide bonds. The van der Waals surface area contributed by atoms with E-state index in [-0.39, 0.29) is 5.91 Å². The van der Waals surface area contributed by atoms with Gasteiger partial charge in [-0.25, -0.2) is 0 Å². The van der Waals surface area contributed by atoms with E-state index >= 15 is 0 Å². The molecule has 3 rings (SSSR count). The smallest absolute Gasteiger partial charge is 0.256 e. The second kappa shape index (κ2) is 6.50. The molecule has 1 aromatic rings. The summed E-state index contributed by atoms with van der Waals surface area (Å²) in [7, 11) is 0. The van der Waals surface area contributed by atoms with Crippen LogP contribution in [0.5, 0.6) is 0 Å². The topological polar surface area (TPSA) is 32.3 Å². The third-order valence-corrected chi connectivity index (χ3v) is 4.92. The van der Waals surface area contributed by atoms with E-state index in [4.69, 9.17) is 0 Å². The van der Waals surface area contributed by atoms with Crippen LogP contribution >= 0.6 is 0 Å². The lowest BCUT2D eigenvalue weighted by Crippen LogP contribution is -2.40. The third-order valence-electron chi connectivity index (χ3n) is 4.92. The molecule has 21 heavy (non-hydrogen) atoms. The van der Waals surface area contributed by atoms with Crippen LogP contribution in [0.15, 0.2) is 18.2 Å². The Morgan fingerprint density at radius 1 is 1.29 bits per heavy atom. The SMILES string of the molecule is CCC1CCCCCN1C(=O)c1cccc2c1NCCC2. The van der Waals surface area contributed by atoms with Crippen LogP contribution in [-0.4, -0.2) is 29.9 Å². The summed E-state index contributed by atoms with van der Waals surface area (Å²) in [5, 5.41) is 3.45. The van der Waals surface area contributed by atoms with Crippen molar-refractivity contribution in [2.45, 2.75) is 57.9 Å². The van der Waals surface area contributed by atoms with Gasteiger partial charge in [0.25, 0.3) is 5.91 Å². The van der Waals surface area contributed by atoms with Crippen molar-refractivity contribution in [3.63, 3.8) is 0 Å². The van der Waals surface area contributed by atoms with Gasteiger partial charge in [0.15, 0.2) is 0 Å². The highest BCUT2D eigenvalue weighted by Crippen LogP contribution is 2.29. The maximum Gasteiger partial charge on any atom is 0.256 e. The maximum absolute atomic E-state index is 13.1. The minimum Gasteiger partial charge on any atom is -0.384 e. The monoisotopic (exact) mass is 286 g/mol. The Bertz CT molecular complexity index is 512. The van der Waals surface area contributed by atoms with E-state index in [9.17, 15) is 4.79 Å². The van der Waals surface area contributed by atoms with Gasteiger partial charge in [0.05, 0.1) is 11.3 Å². The first-order chi connectivity index (χ1) is 10.3. The molecule has 2 heterocycles. The molecule has 3 heteroatoms. The first-order valence-electron chi connectivity index (χ1n) is 8.48. The number of rotatable bonds is 2. The molecule has 2 aliphatic rings. The van der Waals surface area contributed by atoms with E-state index in [0.717, 1.165) is 56.4 Å². The van der Waals surface area contributed by atoms with Gasteiger partial charge in [0.1, 0.15) is 0 Å². The van der Waals surface area contributed by atoms with Gasteiger partial charge in [-0.1, -0.05) is 31.9 Å². The van der Waals surface area contributed by atoms with E-state index in [0.29, 0.717) is 6.04 Å². The quantitative estimate of drug-likeness (QED) is 0.896. The van der Waals surface area contributed by atoms with Crippen LogP contribution in [0.2, 0.25) is 0 Å². The minimum atomic E-state index is 0.231. The molecule has 1 N–H and O–H groups in total. The largest absolute Gasteiger partial charge is 0.384 e. The summed E-state index contributed by atoms with van der Waals surface area (Å²) in [4.78, 5) is 15.2.